The third-order valence-electron chi connectivity index (χ3n) is 5.37. The monoisotopic (exact) mass is 336 g/mol. The van der Waals surface area contributed by atoms with E-state index in [-0.39, 0.29) is 0 Å². The van der Waals surface area contributed by atoms with Crippen molar-refractivity contribution in [1.82, 2.24) is 0 Å². The van der Waals surface area contributed by atoms with Gasteiger partial charge >= 0.3 is 0 Å². The predicted octanol–water partition coefficient (Wildman–Crippen LogP) is 6.76. The van der Waals surface area contributed by atoms with Gasteiger partial charge in [-0.1, -0.05) is 73.7 Å². The van der Waals surface area contributed by atoms with E-state index in [1.54, 1.807) is 0 Å². The molecule has 1 aliphatic carbocycles. The van der Waals surface area contributed by atoms with Crippen LogP contribution < -0.4 is 0 Å². The van der Waals surface area contributed by atoms with E-state index in [0.29, 0.717) is 0 Å². The molecule has 0 bridgehead atoms. The van der Waals surface area contributed by atoms with Crippen molar-refractivity contribution in [2.45, 2.75) is 19.8 Å². The Morgan fingerprint density at radius 3 is 2.54 bits per heavy atom. The molecular formula is C25H20O. The highest BCUT2D eigenvalue weighted by molar-refractivity contribution is 6.00. The van der Waals surface area contributed by atoms with Crippen molar-refractivity contribution < 1.29 is 4.42 Å². The van der Waals surface area contributed by atoms with E-state index in [1.807, 2.05) is 6.26 Å². The van der Waals surface area contributed by atoms with Gasteiger partial charge in [0.25, 0.3) is 0 Å². The van der Waals surface area contributed by atoms with Gasteiger partial charge < -0.3 is 4.42 Å². The van der Waals surface area contributed by atoms with E-state index in [4.69, 9.17) is 4.42 Å². The average molecular weight is 336 g/mol. The van der Waals surface area contributed by atoms with Crippen LogP contribution in [-0.4, -0.2) is 0 Å². The first-order valence-electron chi connectivity index (χ1n) is 9.22. The second-order valence-electron chi connectivity index (χ2n) is 6.89. The summed E-state index contributed by atoms with van der Waals surface area (Å²) in [5, 5.41) is 2.36. The van der Waals surface area contributed by atoms with Crippen LogP contribution in [0.15, 0.2) is 77.4 Å². The Hall–Kier alpha value is -3.06. The number of hydrogen-bond acceptors (Lipinski definition) is 1. The molecule has 0 radical (unpaired) electrons. The van der Waals surface area contributed by atoms with E-state index in [1.165, 1.54) is 38.8 Å². The minimum atomic E-state index is 0.927. The van der Waals surface area contributed by atoms with Crippen LogP contribution in [0, 0.1) is 0 Å². The van der Waals surface area contributed by atoms with E-state index in [0.717, 1.165) is 24.0 Å². The van der Waals surface area contributed by atoms with Crippen LogP contribution in [0.2, 0.25) is 0 Å². The maximum atomic E-state index is 5.96. The summed E-state index contributed by atoms with van der Waals surface area (Å²) in [4.78, 5) is 0. The number of furan rings is 1. The Balaban J connectivity index is 1.70. The molecule has 0 saturated carbocycles. The van der Waals surface area contributed by atoms with Crippen LogP contribution >= 0.6 is 0 Å². The van der Waals surface area contributed by atoms with Crippen LogP contribution in [0.1, 0.15) is 29.4 Å². The normalized spacial score (nSPS) is 13.0. The largest absolute Gasteiger partial charge is 0.463 e. The highest BCUT2D eigenvalue weighted by atomic mass is 16.3. The Labute approximate surface area is 153 Å². The van der Waals surface area contributed by atoms with E-state index < -0.39 is 0 Å². The number of hydrogen-bond donors (Lipinski definition) is 0. The number of rotatable bonds is 3. The van der Waals surface area contributed by atoms with Crippen molar-refractivity contribution in [2.75, 3.05) is 0 Å². The minimum Gasteiger partial charge on any atom is -0.463 e. The van der Waals surface area contributed by atoms with Crippen molar-refractivity contribution in [3.05, 3.63) is 95.4 Å². The molecule has 0 atom stereocenters. The maximum absolute atomic E-state index is 5.96. The van der Waals surface area contributed by atoms with Crippen LogP contribution in [0.4, 0.5) is 0 Å². The van der Waals surface area contributed by atoms with Crippen LogP contribution in [0.3, 0.4) is 0 Å². The molecule has 1 aromatic heterocycles. The second kappa shape index (κ2) is 6.03. The highest BCUT2D eigenvalue weighted by Gasteiger charge is 2.22. The topological polar surface area (TPSA) is 13.1 Å². The molecule has 0 spiro atoms. The fourth-order valence-electron chi connectivity index (χ4n) is 4.08. The van der Waals surface area contributed by atoms with Gasteiger partial charge in [0.2, 0.25) is 0 Å². The SMILES string of the molecule is CCc1ccc2c(c1-c1ccccc1)C=C(c1occ3ccccc13)C2. The highest BCUT2D eigenvalue weighted by Crippen LogP contribution is 2.41. The first-order chi connectivity index (χ1) is 12.8. The molecule has 0 fully saturated rings. The van der Waals surface area contributed by atoms with Gasteiger partial charge in [-0.05, 0) is 40.3 Å². The summed E-state index contributed by atoms with van der Waals surface area (Å²) in [5.74, 6) is 1.01. The van der Waals surface area contributed by atoms with E-state index in [2.05, 4.69) is 79.7 Å². The Morgan fingerprint density at radius 1 is 0.885 bits per heavy atom. The fourth-order valence-corrected chi connectivity index (χ4v) is 4.08. The first-order valence-corrected chi connectivity index (χ1v) is 9.22. The first kappa shape index (κ1) is 15.2. The van der Waals surface area contributed by atoms with Gasteiger partial charge in [0, 0.05) is 22.8 Å². The molecule has 1 nitrogen and oxygen atoms in total. The van der Waals surface area contributed by atoms with Crippen LogP contribution in [0.25, 0.3) is 33.5 Å². The molecule has 0 amide bonds. The molecule has 1 aliphatic rings. The van der Waals surface area contributed by atoms with Crippen molar-refractivity contribution in [2.24, 2.45) is 0 Å². The lowest BCUT2D eigenvalue weighted by Crippen LogP contribution is -1.94. The molecule has 0 N–H and O–H groups in total. The van der Waals surface area contributed by atoms with Crippen molar-refractivity contribution in [1.29, 1.82) is 0 Å². The number of fused-ring (bicyclic) bond motifs is 2. The predicted molar refractivity (Wildman–Crippen MR) is 109 cm³/mol. The standard InChI is InChI=1S/C25H20O/c1-2-17-12-13-19-14-21(25-22-11-7-6-10-20(22)16-26-25)15-23(19)24(17)18-8-4-3-5-9-18/h3-13,15-16H,2,14H2,1H3. The third kappa shape index (κ3) is 2.32. The Bertz CT molecular complexity index is 1130. The van der Waals surface area contributed by atoms with Crippen molar-refractivity contribution in [3.8, 4) is 11.1 Å². The maximum Gasteiger partial charge on any atom is 0.138 e. The lowest BCUT2D eigenvalue weighted by molar-refractivity contribution is 0.557. The fraction of sp³-hybridized carbons (Fsp3) is 0.120. The molecule has 126 valence electrons. The van der Waals surface area contributed by atoms with Gasteiger partial charge in [0.15, 0.2) is 0 Å². The number of allylic oxidation sites excluding steroid dienone is 1. The van der Waals surface area contributed by atoms with Gasteiger partial charge in [0.05, 0.1) is 6.26 Å². The zero-order valence-electron chi connectivity index (χ0n) is 14.8. The zero-order chi connectivity index (χ0) is 17.5. The molecule has 1 heteroatoms. The lowest BCUT2D eigenvalue weighted by atomic mass is 9.91. The van der Waals surface area contributed by atoms with E-state index >= 15 is 0 Å². The molecule has 3 aromatic carbocycles. The van der Waals surface area contributed by atoms with Gasteiger partial charge in [-0.3, -0.25) is 0 Å². The lowest BCUT2D eigenvalue weighted by Gasteiger charge is -2.13. The molecule has 26 heavy (non-hydrogen) atoms. The molecule has 0 saturated heterocycles. The molecule has 1 heterocycles. The summed E-state index contributed by atoms with van der Waals surface area (Å²) in [6.45, 7) is 2.23. The van der Waals surface area contributed by atoms with Gasteiger partial charge in [0.1, 0.15) is 5.76 Å². The number of aryl methyl sites for hydroxylation is 1. The van der Waals surface area contributed by atoms with Gasteiger partial charge in [-0.15, -0.1) is 0 Å². The zero-order valence-corrected chi connectivity index (χ0v) is 14.8. The van der Waals surface area contributed by atoms with Crippen LogP contribution in [0.5, 0.6) is 0 Å². The minimum absolute atomic E-state index is 0.927. The molecular weight excluding hydrogens is 316 g/mol. The molecule has 0 unspecified atom stereocenters. The summed E-state index contributed by atoms with van der Waals surface area (Å²) >= 11 is 0. The summed E-state index contributed by atoms with van der Waals surface area (Å²) in [6.07, 6.45) is 6.16. The van der Waals surface area contributed by atoms with Crippen LogP contribution in [-0.2, 0) is 12.8 Å². The Kier molecular flexibility index (Phi) is 3.53. The van der Waals surface area contributed by atoms with Crippen molar-refractivity contribution >= 4 is 22.4 Å². The third-order valence-corrected chi connectivity index (χ3v) is 5.37. The summed E-state index contributed by atoms with van der Waals surface area (Å²) < 4.78 is 5.96. The van der Waals surface area contributed by atoms with Gasteiger partial charge in [-0.25, -0.2) is 0 Å². The smallest absolute Gasteiger partial charge is 0.138 e. The second-order valence-corrected chi connectivity index (χ2v) is 6.89. The van der Waals surface area contributed by atoms with Crippen molar-refractivity contribution in [3.63, 3.8) is 0 Å². The van der Waals surface area contributed by atoms with Gasteiger partial charge in [-0.2, -0.15) is 0 Å². The van der Waals surface area contributed by atoms with E-state index in [9.17, 15) is 0 Å². The average Bonchev–Trinajstić information content (AvgIpc) is 3.31. The summed E-state index contributed by atoms with van der Waals surface area (Å²) in [5.41, 5.74) is 8.07. The quantitative estimate of drug-likeness (QED) is 0.403. The Morgan fingerprint density at radius 2 is 1.69 bits per heavy atom. The molecule has 0 aliphatic heterocycles. The number of benzene rings is 3. The molecule has 4 aromatic rings. The summed E-state index contributed by atoms with van der Waals surface area (Å²) in [6, 6.07) is 23.7. The molecule has 5 rings (SSSR count). The summed E-state index contributed by atoms with van der Waals surface area (Å²) in [7, 11) is 0.